The lowest BCUT2D eigenvalue weighted by atomic mass is 10.0. The Morgan fingerprint density at radius 2 is 1.90 bits per heavy atom. The van der Waals surface area contributed by atoms with E-state index >= 15 is 0 Å². The highest BCUT2D eigenvalue weighted by Gasteiger charge is 2.13. The SMILES string of the molecule is C=C(C)[C@H]1CC/C(C)=C/CC/C(C)=C/C=C(/C(C)C)CO1. The van der Waals surface area contributed by atoms with Gasteiger partial charge in [-0.25, -0.2) is 0 Å². The molecule has 118 valence electrons. The van der Waals surface area contributed by atoms with Crippen molar-refractivity contribution >= 4 is 0 Å². The minimum Gasteiger partial charge on any atom is -0.370 e. The van der Waals surface area contributed by atoms with Gasteiger partial charge in [-0.2, -0.15) is 0 Å². The van der Waals surface area contributed by atoms with E-state index in [9.17, 15) is 0 Å². The molecule has 0 aliphatic carbocycles. The fourth-order valence-electron chi connectivity index (χ4n) is 2.42. The first-order chi connectivity index (χ1) is 9.90. The third-order valence-electron chi connectivity index (χ3n) is 4.16. The van der Waals surface area contributed by atoms with E-state index in [1.807, 2.05) is 0 Å². The van der Waals surface area contributed by atoms with E-state index in [4.69, 9.17) is 4.74 Å². The molecule has 0 saturated heterocycles. The molecule has 0 radical (unpaired) electrons. The number of hydrogen-bond donors (Lipinski definition) is 0. The van der Waals surface area contributed by atoms with Crippen LogP contribution in [0.2, 0.25) is 0 Å². The Balaban J connectivity index is 2.93. The Labute approximate surface area is 131 Å². The van der Waals surface area contributed by atoms with Crippen molar-refractivity contribution in [3.63, 3.8) is 0 Å². The van der Waals surface area contributed by atoms with Crippen molar-refractivity contribution in [1.82, 2.24) is 0 Å². The van der Waals surface area contributed by atoms with Gasteiger partial charge in [-0.1, -0.05) is 55.4 Å². The first-order valence-corrected chi connectivity index (χ1v) is 8.19. The lowest BCUT2D eigenvalue weighted by Crippen LogP contribution is -2.17. The minimum absolute atomic E-state index is 0.168. The Morgan fingerprint density at radius 3 is 2.52 bits per heavy atom. The Morgan fingerprint density at radius 1 is 1.19 bits per heavy atom. The number of allylic oxidation sites excluding steroid dienone is 5. The second kappa shape index (κ2) is 9.04. The van der Waals surface area contributed by atoms with Gasteiger partial charge in [0.2, 0.25) is 0 Å². The molecular formula is C20H32O. The normalized spacial score (nSPS) is 29.8. The topological polar surface area (TPSA) is 9.23 Å². The van der Waals surface area contributed by atoms with E-state index < -0.39 is 0 Å². The molecule has 1 atom stereocenters. The largest absolute Gasteiger partial charge is 0.370 e. The summed E-state index contributed by atoms with van der Waals surface area (Å²) in [5, 5.41) is 0. The van der Waals surface area contributed by atoms with Crippen LogP contribution in [0.4, 0.5) is 0 Å². The van der Waals surface area contributed by atoms with Gasteiger partial charge in [-0.3, -0.25) is 0 Å². The smallest absolute Gasteiger partial charge is 0.0787 e. The van der Waals surface area contributed by atoms with E-state index in [1.54, 1.807) is 0 Å². The maximum atomic E-state index is 6.15. The zero-order valence-corrected chi connectivity index (χ0v) is 14.5. The first-order valence-electron chi connectivity index (χ1n) is 8.19. The van der Waals surface area contributed by atoms with Gasteiger partial charge in [0.05, 0.1) is 12.7 Å². The van der Waals surface area contributed by atoms with Crippen LogP contribution >= 0.6 is 0 Å². The van der Waals surface area contributed by atoms with E-state index in [0.717, 1.165) is 31.3 Å². The summed E-state index contributed by atoms with van der Waals surface area (Å²) < 4.78 is 6.15. The van der Waals surface area contributed by atoms with Crippen LogP contribution in [0.25, 0.3) is 0 Å². The molecule has 1 aliphatic heterocycles. The minimum atomic E-state index is 0.168. The summed E-state index contributed by atoms with van der Waals surface area (Å²) >= 11 is 0. The molecule has 0 bridgehead atoms. The second-order valence-corrected chi connectivity index (χ2v) is 6.68. The van der Waals surface area contributed by atoms with Crippen molar-refractivity contribution < 1.29 is 4.74 Å². The van der Waals surface area contributed by atoms with E-state index in [0.29, 0.717) is 12.5 Å². The van der Waals surface area contributed by atoms with Crippen molar-refractivity contribution in [3.05, 3.63) is 47.1 Å². The zero-order valence-electron chi connectivity index (χ0n) is 14.5. The molecule has 1 heteroatoms. The van der Waals surface area contributed by atoms with Crippen LogP contribution in [0.1, 0.15) is 60.3 Å². The van der Waals surface area contributed by atoms with Gasteiger partial charge in [0.15, 0.2) is 0 Å². The lowest BCUT2D eigenvalue weighted by Gasteiger charge is -2.20. The molecule has 21 heavy (non-hydrogen) atoms. The van der Waals surface area contributed by atoms with Gasteiger partial charge < -0.3 is 4.74 Å². The average molecular weight is 288 g/mol. The van der Waals surface area contributed by atoms with Gasteiger partial charge in [0.25, 0.3) is 0 Å². The standard InChI is InChI=1S/C20H32O/c1-15(2)19-12-10-17(5)8-7-9-18(6)11-13-20(16(3)4)21-14-19/h9-10,12,15,20H,3,7-8,11,13-14H2,1-2,4-6H3/b17-10+,18-9+,19-12+/t20-/m1/s1. The van der Waals surface area contributed by atoms with Crippen LogP contribution < -0.4 is 0 Å². The molecule has 1 rings (SSSR count). The highest BCUT2D eigenvalue weighted by atomic mass is 16.5. The fraction of sp³-hybridized carbons (Fsp3) is 0.600. The Kier molecular flexibility index (Phi) is 7.74. The molecular weight excluding hydrogens is 256 g/mol. The molecule has 0 unspecified atom stereocenters. The fourth-order valence-corrected chi connectivity index (χ4v) is 2.42. The first kappa shape index (κ1) is 18.0. The van der Waals surface area contributed by atoms with Gasteiger partial charge in [-0.15, -0.1) is 0 Å². The van der Waals surface area contributed by atoms with Crippen LogP contribution in [0.5, 0.6) is 0 Å². The molecule has 1 aliphatic rings. The van der Waals surface area contributed by atoms with Crippen molar-refractivity contribution in [2.75, 3.05) is 6.61 Å². The van der Waals surface area contributed by atoms with Gasteiger partial charge in [0, 0.05) is 0 Å². The van der Waals surface area contributed by atoms with Crippen molar-refractivity contribution in [3.8, 4) is 0 Å². The summed E-state index contributed by atoms with van der Waals surface area (Å²) in [6.07, 6.45) is 11.5. The van der Waals surface area contributed by atoms with Gasteiger partial charge in [0.1, 0.15) is 0 Å². The van der Waals surface area contributed by atoms with E-state index in [2.05, 4.69) is 59.4 Å². The van der Waals surface area contributed by atoms with Crippen LogP contribution in [0.15, 0.2) is 47.1 Å². The van der Waals surface area contributed by atoms with Crippen molar-refractivity contribution in [2.24, 2.45) is 5.92 Å². The molecule has 0 aromatic carbocycles. The maximum Gasteiger partial charge on any atom is 0.0787 e. The molecule has 1 nitrogen and oxygen atoms in total. The van der Waals surface area contributed by atoms with Crippen LogP contribution in [-0.4, -0.2) is 12.7 Å². The summed E-state index contributed by atoms with van der Waals surface area (Å²) in [5.74, 6) is 0.518. The Bertz CT molecular complexity index is 435. The number of hydrogen-bond acceptors (Lipinski definition) is 1. The van der Waals surface area contributed by atoms with Gasteiger partial charge in [-0.05, 0) is 57.9 Å². The third kappa shape index (κ3) is 6.95. The highest BCUT2D eigenvalue weighted by molar-refractivity contribution is 5.19. The quantitative estimate of drug-likeness (QED) is 0.566. The van der Waals surface area contributed by atoms with Crippen LogP contribution in [-0.2, 0) is 4.74 Å². The van der Waals surface area contributed by atoms with Crippen LogP contribution in [0, 0.1) is 5.92 Å². The monoisotopic (exact) mass is 288 g/mol. The molecule has 0 spiro atoms. The number of rotatable bonds is 2. The summed E-state index contributed by atoms with van der Waals surface area (Å²) in [4.78, 5) is 0. The van der Waals surface area contributed by atoms with Crippen molar-refractivity contribution in [2.45, 2.75) is 66.4 Å². The average Bonchev–Trinajstić information content (AvgIpc) is 2.41. The second-order valence-electron chi connectivity index (χ2n) is 6.68. The number of ether oxygens (including phenoxy) is 1. The Hall–Kier alpha value is -1.08. The van der Waals surface area contributed by atoms with Crippen molar-refractivity contribution in [1.29, 1.82) is 0 Å². The van der Waals surface area contributed by atoms with E-state index in [-0.39, 0.29) is 6.10 Å². The highest BCUT2D eigenvalue weighted by Crippen LogP contribution is 2.20. The molecule has 0 aromatic heterocycles. The summed E-state index contributed by atoms with van der Waals surface area (Å²) in [7, 11) is 0. The molecule has 0 amide bonds. The lowest BCUT2D eigenvalue weighted by molar-refractivity contribution is 0.0862. The molecule has 0 saturated carbocycles. The molecule has 1 heterocycles. The molecule has 0 fully saturated rings. The van der Waals surface area contributed by atoms with E-state index in [1.165, 1.54) is 16.7 Å². The van der Waals surface area contributed by atoms with Crippen LogP contribution in [0.3, 0.4) is 0 Å². The van der Waals surface area contributed by atoms with Gasteiger partial charge >= 0.3 is 0 Å². The summed E-state index contributed by atoms with van der Waals surface area (Å²) in [5.41, 5.74) is 5.40. The summed E-state index contributed by atoms with van der Waals surface area (Å²) in [6, 6.07) is 0. The molecule has 0 N–H and O–H groups in total. The molecule has 0 aromatic rings. The third-order valence-corrected chi connectivity index (χ3v) is 4.16. The maximum absolute atomic E-state index is 6.15. The predicted molar refractivity (Wildman–Crippen MR) is 93.5 cm³/mol. The zero-order chi connectivity index (χ0) is 15.8. The summed E-state index contributed by atoms with van der Waals surface area (Å²) in [6.45, 7) is 15.8. The predicted octanol–water partition coefficient (Wildman–Crippen LogP) is 6.00.